The molecule has 21 heavy (non-hydrogen) atoms. The third-order valence-electron chi connectivity index (χ3n) is 2.97. The average molecular weight is 332 g/mol. The zero-order chi connectivity index (χ0) is 15.9. The van der Waals surface area contributed by atoms with Crippen molar-refractivity contribution in [3.05, 3.63) is 23.8 Å². The van der Waals surface area contributed by atoms with Crippen LogP contribution >= 0.6 is 11.8 Å². The maximum absolute atomic E-state index is 12.4. The Morgan fingerprint density at radius 3 is 2.67 bits per heavy atom. The van der Waals surface area contributed by atoms with Gasteiger partial charge in [-0.15, -0.1) is 0 Å². The molecule has 0 saturated carbocycles. The number of nitrogens with one attached hydrogen (secondary N) is 2. The van der Waals surface area contributed by atoms with E-state index >= 15 is 0 Å². The molecule has 0 heterocycles. The summed E-state index contributed by atoms with van der Waals surface area (Å²) in [5.74, 6) is 1.57. The van der Waals surface area contributed by atoms with E-state index in [1.165, 1.54) is 7.11 Å². The standard InChI is InChI=1S/C14H24N2O3S2/c1-11(10-20-4)8-16-21(17,18)14-6-5-12(9-15-2)7-13(14)19-3/h5-7,11,15-16H,8-10H2,1-4H3. The molecule has 1 aromatic carbocycles. The summed E-state index contributed by atoms with van der Waals surface area (Å²) < 4.78 is 32.6. The highest BCUT2D eigenvalue weighted by molar-refractivity contribution is 7.98. The Bertz CT molecular complexity index is 547. The molecule has 0 saturated heterocycles. The molecule has 120 valence electrons. The van der Waals surface area contributed by atoms with Gasteiger partial charge in [0.25, 0.3) is 0 Å². The van der Waals surface area contributed by atoms with Crippen LogP contribution in [0.15, 0.2) is 23.1 Å². The number of hydrogen-bond acceptors (Lipinski definition) is 5. The quantitative estimate of drug-likeness (QED) is 0.720. The molecular weight excluding hydrogens is 308 g/mol. The molecule has 0 aliphatic rings. The largest absolute Gasteiger partial charge is 0.495 e. The molecule has 0 radical (unpaired) electrons. The van der Waals surface area contributed by atoms with Gasteiger partial charge in [0.05, 0.1) is 7.11 Å². The van der Waals surface area contributed by atoms with Crippen molar-refractivity contribution in [2.75, 3.05) is 32.7 Å². The highest BCUT2D eigenvalue weighted by atomic mass is 32.2. The van der Waals surface area contributed by atoms with Crippen LogP contribution in [0.4, 0.5) is 0 Å². The molecule has 0 aromatic heterocycles. The van der Waals surface area contributed by atoms with Gasteiger partial charge in [0.2, 0.25) is 10.0 Å². The van der Waals surface area contributed by atoms with E-state index in [2.05, 4.69) is 10.0 Å². The lowest BCUT2D eigenvalue weighted by Gasteiger charge is -2.14. The molecule has 0 fully saturated rings. The first-order valence-corrected chi connectivity index (χ1v) is 9.62. The normalized spacial score (nSPS) is 13.1. The first-order valence-electron chi connectivity index (χ1n) is 6.74. The lowest BCUT2D eigenvalue weighted by Crippen LogP contribution is -2.29. The van der Waals surface area contributed by atoms with Gasteiger partial charge in [-0.1, -0.05) is 13.0 Å². The van der Waals surface area contributed by atoms with Gasteiger partial charge in [0.15, 0.2) is 0 Å². The molecule has 2 N–H and O–H groups in total. The first kappa shape index (κ1) is 18.3. The van der Waals surface area contributed by atoms with Crippen molar-refractivity contribution < 1.29 is 13.2 Å². The number of hydrogen-bond donors (Lipinski definition) is 2. The number of methoxy groups -OCH3 is 1. The Labute approximate surface area is 131 Å². The van der Waals surface area contributed by atoms with Crippen LogP contribution in [0.2, 0.25) is 0 Å². The minimum absolute atomic E-state index is 0.182. The number of thioether (sulfide) groups is 1. The maximum atomic E-state index is 12.4. The summed E-state index contributed by atoms with van der Waals surface area (Å²) in [5.41, 5.74) is 0.976. The second-order valence-corrected chi connectivity index (χ2v) is 7.57. The summed E-state index contributed by atoms with van der Waals surface area (Å²) >= 11 is 1.70. The van der Waals surface area contributed by atoms with Crippen molar-refractivity contribution >= 4 is 21.8 Å². The SMILES string of the molecule is CNCc1ccc(S(=O)(=O)NCC(C)CSC)c(OC)c1. The highest BCUT2D eigenvalue weighted by Gasteiger charge is 2.20. The molecule has 1 unspecified atom stereocenters. The monoisotopic (exact) mass is 332 g/mol. The average Bonchev–Trinajstić information content (AvgIpc) is 2.45. The van der Waals surface area contributed by atoms with E-state index in [0.29, 0.717) is 18.8 Å². The minimum atomic E-state index is -3.55. The van der Waals surface area contributed by atoms with E-state index in [1.54, 1.807) is 30.0 Å². The van der Waals surface area contributed by atoms with Gasteiger partial charge in [-0.3, -0.25) is 0 Å². The number of sulfonamides is 1. The molecule has 0 amide bonds. The Kier molecular flexibility index (Phi) is 7.51. The molecule has 0 spiro atoms. The molecule has 0 aliphatic heterocycles. The first-order chi connectivity index (χ1) is 9.94. The van der Waals surface area contributed by atoms with Crippen LogP contribution in [-0.4, -0.2) is 41.1 Å². The molecule has 5 nitrogen and oxygen atoms in total. The van der Waals surface area contributed by atoms with Gasteiger partial charge >= 0.3 is 0 Å². The summed E-state index contributed by atoms with van der Waals surface area (Å²) in [6.07, 6.45) is 2.01. The van der Waals surface area contributed by atoms with Crippen molar-refractivity contribution in [1.29, 1.82) is 0 Å². The summed E-state index contributed by atoms with van der Waals surface area (Å²) in [6, 6.07) is 5.13. The summed E-state index contributed by atoms with van der Waals surface area (Å²) in [5, 5.41) is 3.02. The molecule has 0 aliphatic carbocycles. The number of ether oxygens (including phenoxy) is 1. The van der Waals surface area contributed by atoms with Gasteiger partial charge in [-0.05, 0) is 42.7 Å². The predicted octanol–water partition coefficient (Wildman–Crippen LogP) is 1.69. The van der Waals surface area contributed by atoms with Crippen LogP contribution in [0.1, 0.15) is 12.5 Å². The number of benzene rings is 1. The Hall–Kier alpha value is -0.760. The van der Waals surface area contributed by atoms with E-state index in [9.17, 15) is 8.42 Å². The van der Waals surface area contributed by atoms with Crippen molar-refractivity contribution in [2.24, 2.45) is 5.92 Å². The summed E-state index contributed by atoms with van der Waals surface area (Å²) in [7, 11) is -0.234. The highest BCUT2D eigenvalue weighted by Crippen LogP contribution is 2.25. The van der Waals surface area contributed by atoms with Gasteiger partial charge < -0.3 is 10.1 Å². The molecule has 1 rings (SSSR count). The van der Waals surface area contributed by atoms with E-state index in [1.807, 2.05) is 20.2 Å². The lowest BCUT2D eigenvalue weighted by atomic mass is 10.2. The number of rotatable bonds is 9. The summed E-state index contributed by atoms with van der Waals surface area (Å²) in [6.45, 7) is 3.10. The second kappa shape index (κ2) is 8.63. The molecule has 1 aromatic rings. The van der Waals surface area contributed by atoms with Crippen LogP contribution in [-0.2, 0) is 16.6 Å². The third kappa shape index (κ3) is 5.50. The van der Waals surface area contributed by atoms with Crippen molar-refractivity contribution in [1.82, 2.24) is 10.0 Å². The fourth-order valence-electron chi connectivity index (χ4n) is 1.92. The van der Waals surface area contributed by atoms with Crippen molar-refractivity contribution in [2.45, 2.75) is 18.4 Å². The van der Waals surface area contributed by atoms with Crippen LogP contribution < -0.4 is 14.8 Å². The summed E-state index contributed by atoms with van der Waals surface area (Å²) in [4.78, 5) is 0.182. The predicted molar refractivity (Wildman–Crippen MR) is 88.5 cm³/mol. The van der Waals surface area contributed by atoms with Crippen LogP contribution in [0.25, 0.3) is 0 Å². The molecule has 0 bridgehead atoms. The van der Waals surface area contributed by atoms with Gasteiger partial charge in [-0.2, -0.15) is 11.8 Å². The lowest BCUT2D eigenvalue weighted by molar-refractivity contribution is 0.401. The van der Waals surface area contributed by atoms with Gasteiger partial charge in [0.1, 0.15) is 10.6 Å². The Morgan fingerprint density at radius 1 is 1.38 bits per heavy atom. The van der Waals surface area contributed by atoms with Crippen LogP contribution in [0.3, 0.4) is 0 Å². The van der Waals surface area contributed by atoms with E-state index < -0.39 is 10.0 Å². The van der Waals surface area contributed by atoms with Gasteiger partial charge in [-0.25, -0.2) is 13.1 Å². The Balaban J connectivity index is 2.91. The maximum Gasteiger partial charge on any atom is 0.244 e. The topological polar surface area (TPSA) is 67.4 Å². The fraction of sp³-hybridized carbons (Fsp3) is 0.571. The van der Waals surface area contributed by atoms with Crippen molar-refractivity contribution in [3.8, 4) is 5.75 Å². The third-order valence-corrected chi connectivity index (χ3v) is 5.34. The van der Waals surface area contributed by atoms with E-state index in [0.717, 1.165) is 11.3 Å². The van der Waals surface area contributed by atoms with E-state index in [4.69, 9.17) is 4.74 Å². The van der Waals surface area contributed by atoms with Gasteiger partial charge in [0, 0.05) is 13.1 Å². The van der Waals surface area contributed by atoms with E-state index in [-0.39, 0.29) is 10.8 Å². The zero-order valence-electron chi connectivity index (χ0n) is 13.0. The molecular formula is C14H24N2O3S2. The second-order valence-electron chi connectivity index (χ2n) is 4.93. The minimum Gasteiger partial charge on any atom is -0.495 e. The van der Waals surface area contributed by atoms with Crippen molar-refractivity contribution in [3.63, 3.8) is 0 Å². The molecule has 1 atom stereocenters. The van der Waals surface area contributed by atoms with Crippen LogP contribution in [0, 0.1) is 5.92 Å². The Morgan fingerprint density at radius 2 is 2.10 bits per heavy atom. The fourth-order valence-corrected chi connectivity index (χ4v) is 3.92. The smallest absolute Gasteiger partial charge is 0.244 e. The molecule has 7 heteroatoms. The van der Waals surface area contributed by atoms with Crippen LogP contribution in [0.5, 0.6) is 5.75 Å². The zero-order valence-corrected chi connectivity index (χ0v) is 14.6.